The van der Waals surface area contributed by atoms with Crippen LogP contribution in [0.4, 0.5) is 5.69 Å². The van der Waals surface area contributed by atoms with Crippen LogP contribution in [0.2, 0.25) is 0 Å². The van der Waals surface area contributed by atoms with Crippen LogP contribution in [0.1, 0.15) is 17.5 Å². The van der Waals surface area contributed by atoms with Gasteiger partial charge in [0.25, 0.3) is 0 Å². The number of nitrogens with zero attached hydrogens (tertiary/aromatic N) is 1. The van der Waals surface area contributed by atoms with Gasteiger partial charge in [-0.25, -0.2) is 5.21 Å². The van der Waals surface area contributed by atoms with E-state index in [1.165, 1.54) is 11.1 Å². The summed E-state index contributed by atoms with van der Waals surface area (Å²) in [5.74, 6) is 0. The Morgan fingerprint density at radius 2 is 1.61 bits per heavy atom. The zero-order valence-corrected chi connectivity index (χ0v) is 10.4. The third-order valence-electron chi connectivity index (χ3n) is 3.70. The van der Waals surface area contributed by atoms with E-state index in [0.717, 1.165) is 31.6 Å². The molecule has 0 atom stereocenters. The maximum absolute atomic E-state index is 10.3. The summed E-state index contributed by atoms with van der Waals surface area (Å²) in [6, 6.07) is 18.8. The molecule has 0 spiro atoms. The number of hydrogen-bond donors (Lipinski definition) is 1. The molecule has 1 N–H and O–H groups in total. The highest BCUT2D eigenvalue weighted by atomic mass is 16.6. The summed E-state index contributed by atoms with van der Waals surface area (Å²) in [4.78, 5) is 0. The van der Waals surface area contributed by atoms with Crippen LogP contribution >= 0.6 is 0 Å². The van der Waals surface area contributed by atoms with Crippen molar-refractivity contribution in [2.45, 2.75) is 12.8 Å². The lowest BCUT2D eigenvalue weighted by atomic mass is 10.0. The van der Waals surface area contributed by atoms with Crippen molar-refractivity contribution in [2.24, 2.45) is 0 Å². The van der Waals surface area contributed by atoms with Crippen LogP contribution < -0.4 is 4.65 Å². The molecule has 0 saturated carbocycles. The zero-order chi connectivity index (χ0) is 12.4. The third kappa shape index (κ3) is 2.17. The molecule has 1 heterocycles. The van der Waals surface area contributed by atoms with E-state index in [1.54, 1.807) is 0 Å². The first-order chi connectivity index (χ1) is 8.76. The van der Waals surface area contributed by atoms with E-state index in [9.17, 15) is 5.21 Å². The highest BCUT2D eigenvalue weighted by molar-refractivity contribution is 5.45. The minimum atomic E-state index is 0.114. The van der Waals surface area contributed by atoms with Crippen molar-refractivity contribution in [3.63, 3.8) is 0 Å². The number of hydrogen-bond acceptors (Lipinski definition) is 1. The smallest absolute Gasteiger partial charge is 0.165 e. The van der Waals surface area contributed by atoms with Crippen LogP contribution in [0.15, 0.2) is 54.6 Å². The van der Waals surface area contributed by atoms with Gasteiger partial charge in [0.15, 0.2) is 5.69 Å². The molecule has 2 heteroatoms. The van der Waals surface area contributed by atoms with Crippen molar-refractivity contribution in [1.82, 2.24) is 4.65 Å². The predicted octanol–water partition coefficient (Wildman–Crippen LogP) is 3.38. The van der Waals surface area contributed by atoms with Gasteiger partial charge in [-0.3, -0.25) is 0 Å². The number of quaternary nitrogens is 1. The Balaban J connectivity index is 1.83. The third-order valence-corrected chi connectivity index (χ3v) is 3.70. The van der Waals surface area contributed by atoms with Crippen molar-refractivity contribution in [3.05, 3.63) is 65.7 Å². The van der Waals surface area contributed by atoms with E-state index in [2.05, 4.69) is 36.4 Å². The molecule has 0 aromatic heterocycles. The normalized spacial score (nSPS) is 17.2. The fourth-order valence-corrected chi connectivity index (χ4v) is 2.47. The molecule has 0 bridgehead atoms. The number of hydroxylamine groups is 2. The minimum Gasteiger partial charge on any atom is -0.212 e. The van der Waals surface area contributed by atoms with Crippen molar-refractivity contribution >= 4 is 5.69 Å². The van der Waals surface area contributed by atoms with E-state index in [0.29, 0.717) is 0 Å². The van der Waals surface area contributed by atoms with Gasteiger partial charge in [0.05, 0.1) is 6.42 Å². The van der Waals surface area contributed by atoms with Crippen LogP contribution in [0, 0.1) is 0 Å². The Bertz CT molecular complexity index is 532. The summed E-state index contributed by atoms with van der Waals surface area (Å²) < 4.78 is 0.114. The first kappa shape index (κ1) is 11.5. The Morgan fingerprint density at radius 1 is 0.889 bits per heavy atom. The van der Waals surface area contributed by atoms with E-state index in [4.69, 9.17) is 0 Å². The second kappa shape index (κ2) is 4.56. The van der Waals surface area contributed by atoms with E-state index >= 15 is 0 Å². The molecule has 0 radical (unpaired) electrons. The van der Waals surface area contributed by atoms with Crippen LogP contribution in [0.3, 0.4) is 0 Å². The average Bonchev–Trinajstić information content (AvgIpc) is 2.37. The van der Waals surface area contributed by atoms with E-state index in [-0.39, 0.29) is 4.65 Å². The zero-order valence-electron chi connectivity index (χ0n) is 10.4. The number of benzene rings is 2. The standard InChI is InChI=1S/C16H18NO/c18-17(10-5-11-17)16-9-4-8-15(13-16)12-14-6-2-1-3-7-14/h1-4,6-9,13,18H,5,10-12H2/q+1. The molecule has 92 valence electrons. The predicted molar refractivity (Wildman–Crippen MR) is 73.6 cm³/mol. The maximum atomic E-state index is 10.3. The van der Waals surface area contributed by atoms with Crippen LogP contribution in [0.25, 0.3) is 0 Å². The SMILES string of the molecule is O[N+]1(c2cccc(Cc3ccccc3)c2)CCC1. The summed E-state index contributed by atoms with van der Waals surface area (Å²) in [5, 5.41) is 10.3. The number of rotatable bonds is 3. The van der Waals surface area contributed by atoms with Gasteiger partial charge in [-0.15, -0.1) is 0 Å². The molecule has 1 saturated heterocycles. The molecule has 2 nitrogen and oxygen atoms in total. The summed E-state index contributed by atoms with van der Waals surface area (Å²) in [6.45, 7) is 1.68. The van der Waals surface area contributed by atoms with Gasteiger partial charge in [-0.05, 0) is 17.5 Å². The summed E-state index contributed by atoms with van der Waals surface area (Å²) in [6.07, 6.45) is 2.04. The summed E-state index contributed by atoms with van der Waals surface area (Å²) >= 11 is 0. The second-order valence-corrected chi connectivity index (χ2v) is 5.06. The van der Waals surface area contributed by atoms with Gasteiger partial charge in [-0.1, -0.05) is 42.5 Å². The van der Waals surface area contributed by atoms with E-state index < -0.39 is 0 Å². The average molecular weight is 240 g/mol. The van der Waals surface area contributed by atoms with Crippen LogP contribution in [0.5, 0.6) is 0 Å². The highest BCUT2D eigenvalue weighted by Gasteiger charge is 2.37. The van der Waals surface area contributed by atoms with Crippen molar-refractivity contribution < 1.29 is 5.21 Å². The molecular formula is C16H18NO+. The van der Waals surface area contributed by atoms with Crippen molar-refractivity contribution in [3.8, 4) is 0 Å². The van der Waals surface area contributed by atoms with E-state index in [1.807, 2.05) is 18.2 Å². The summed E-state index contributed by atoms with van der Waals surface area (Å²) in [7, 11) is 0. The first-order valence-electron chi connectivity index (χ1n) is 6.50. The molecule has 0 unspecified atom stereocenters. The maximum Gasteiger partial charge on any atom is 0.165 e. The van der Waals surface area contributed by atoms with Gasteiger partial charge >= 0.3 is 0 Å². The quantitative estimate of drug-likeness (QED) is 0.815. The summed E-state index contributed by atoms with van der Waals surface area (Å²) in [5.41, 5.74) is 3.59. The van der Waals surface area contributed by atoms with Gasteiger partial charge in [0.1, 0.15) is 13.1 Å². The fourth-order valence-electron chi connectivity index (χ4n) is 2.47. The van der Waals surface area contributed by atoms with Gasteiger partial charge < -0.3 is 0 Å². The molecule has 1 aliphatic rings. The fraction of sp³-hybridized carbons (Fsp3) is 0.250. The van der Waals surface area contributed by atoms with Crippen molar-refractivity contribution in [1.29, 1.82) is 0 Å². The van der Waals surface area contributed by atoms with Gasteiger partial charge in [0, 0.05) is 12.1 Å². The van der Waals surface area contributed by atoms with Gasteiger partial charge in [-0.2, -0.15) is 4.65 Å². The molecule has 18 heavy (non-hydrogen) atoms. The lowest BCUT2D eigenvalue weighted by molar-refractivity contribution is -0.125. The Labute approximate surface area is 108 Å². The Hall–Kier alpha value is -1.64. The molecule has 0 amide bonds. The van der Waals surface area contributed by atoms with Gasteiger partial charge in [0.2, 0.25) is 0 Å². The largest absolute Gasteiger partial charge is 0.212 e. The lowest BCUT2D eigenvalue weighted by Crippen LogP contribution is -2.56. The first-order valence-corrected chi connectivity index (χ1v) is 6.50. The topological polar surface area (TPSA) is 20.2 Å². The minimum absolute atomic E-state index is 0.114. The van der Waals surface area contributed by atoms with Crippen molar-refractivity contribution in [2.75, 3.05) is 13.1 Å². The Kier molecular flexibility index (Phi) is 2.90. The molecule has 2 aromatic rings. The van der Waals surface area contributed by atoms with Crippen LogP contribution in [-0.4, -0.2) is 18.3 Å². The monoisotopic (exact) mass is 240 g/mol. The molecule has 1 aliphatic heterocycles. The molecule has 2 aromatic carbocycles. The Morgan fingerprint density at radius 3 is 2.28 bits per heavy atom. The molecule has 0 aliphatic carbocycles. The molecular weight excluding hydrogens is 222 g/mol. The highest BCUT2D eigenvalue weighted by Crippen LogP contribution is 2.28. The lowest BCUT2D eigenvalue weighted by Gasteiger charge is -2.36. The van der Waals surface area contributed by atoms with Crippen LogP contribution in [-0.2, 0) is 6.42 Å². The molecule has 3 rings (SSSR count). The molecule has 1 fully saturated rings. The second-order valence-electron chi connectivity index (χ2n) is 5.06.